The molecule has 59 heavy (non-hydrogen) atoms. The summed E-state index contributed by atoms with van der Waals surface area (Å²) in [6.07, 6.45) is 8.45. The highest BCUT2D eigenvalue weighted by Crippen LogP contribution is 2.47. The molecule has 7 aromatic carbocycles. The van der Waals surface area contributed by atoms with Crippen LogP contribution in [0.5, 0.6) is 0 Å². The Morgan fingerprint density at radius 3 is 1.88 bits per heavy atom. The molecule has 0 unspecified atom stereocenters. The van der Waals surface area contributed by atoms with Gasteiger partial charge in [0.1, 0.15) is 22.5 Å². The van der Waals surface area contributed by atoms with Crippen molar-refractivity contribution in [3.63, 3.8) is 0 Å². The topological polar surface area (TPSA) is 68.2 Å². The third-order valence-corrected chi connectivity index (χ3v) is 11.2. The third kappa shape index (κ3) is 5.92. The average Bonchev–Trinajstić information content (AvgIpc) is 3.76. The number of hydrogen-bond donors (Lipinski definition) is 0. The van der Waals surface area contributed by atoms with E-state index in [9.17, 15) is 0 Å². The lowest BCUT2D eigenvalue weighted by molar-refractivity contribution is 0.602. The van der Waals surface area contributed by atoms with Crippen LogP contribution < -0.4 is 4.90 Å². The molecule has 0 aliphatic carbocycles. The highest BCUT2D eigenvalue weighted by molar-refractivity contribution is 6.09. The molecule has 0 bridgehead atoms. The first-order chi connectivity index (χ1) is 29.1. The fraction of sp³-hybridized carbons (Fsp3) is 0.0377. The van der Waals surface area contributed by atoms with E-state index >= 15 is 0 Å². The van der Waals surface area contributed by atoms with Gasteiger partial charge in [-0.2, -0.15) is 0 Å². The molecule has 0 fully saturated rings. The lowest BCUT2D eigenvalue weighted by Gasteiger charge is -2.28. The van der Waals surface area contributed by atoms with Gasteiger partial charge in [0.2, 0.25) is 0 Å². The lowest BCUT2D eigenvalue weighted by Crippen LogP contribution is -2.12. The fourth-order valence-electron chi connectivity index (χ4n) is 8.27. The van der Waals surface area contributed by atoms with E-state index in [0.29, 0.717) is 17.5 Å². The summed E-state index contributed by atoms with van der Waals surface area (Å²) in [4.78, 5) is 17.4. The minimum absolute atomic E-state index is 0.596. The van der Waals surface area contributed by atoms with Gasteiger partial charge < -0.3 is 13.7 Å². The summed E-state index contributed by atoms with van der Waals surface area (Å²) in [5, 5.41) is 3.25. The molecule has 0 saturated carbocycles. The first-order valence-corrected chi connectivity index (χ1v) is 19.8. The van der Waals surface area contributed by atoms with Gasteiger partial charge in [0, 0.05) is 55.2 Å². The molecular weight excluding hydrogens is 725 g/mol. The van der Waals surface area contributed by atoms with Crippen molar-refractivity contribution < 1.29 is 8.83 Å². The molecule has 0 saturated heterocycles. The minimum Gasteiger partial charge on any atom is -0.456 e. The van der Waals surface area contributed by atoms with Crippen molar-refractivity contribution >= 4 is 68.2 Å². The molecule has 0 atom stereocenters. The lowest BCUT2D eigenvalue weighted by atomic mass is 9.98. The SMILES string of the molecule is CC=Cc1oc2c(-c3ccc4c(c3)C=Cc3cc5oc6ccccc6c5cc3N4c3cccc(-c4nc(-c5ccccc5)nc(-c5ccccc5)n4)c3)cccc2c1C. The second-order valence-corrected chi connectivity index (χ2v) is 14.8. The zero-order chi connectivity index (χ0) is 39.5. The van der Waals surface area contributed by atoms with Gasteiger partial charge in [-0.3, -0.25) is 0 Å². The predicted molar refractivity (Wildman–Crippen MR) is 242 cm³/mol. The van der Waals surface area contributed by atoms with Crippen molar-refractivity contribution in [3.05, 3.63) is 186 Å². The summed E-state index contributed by atoms with van der Waals surface area (Å²) in [6, 6.07) is 54.4. The van der Waals surface area contributed by atoms with Crippen LogP contribution in [0.3, 0.4) is 0 Å². The number of allylic oxidation sites excluding steroid dienone is 1. The van der Waals surface area contributed by atoms with Crippen molar-refractivity contribution in [2.75, 3.05) is 4.90 Å². The second-order valence-electron chi connectivity index (χ2n) is 14.8. The van der Waals surface area contributed by atoms with Crippen LogP contribution in [0, 0.1) is 6.92 Å². The van der Waals surface area contributed by atoms with Crippen LogP contribution in [-0.4, -0.2) is 15.0 Å². The average molecular weight is 761 g/mol. The fourth-order valence-corrected chi connectivity index (χ4v) is 8.27. The van der Waals surface area contributed by atoms with Crippen molar-refractivity contribution in [1.29, 1.82) is 0 Å². The number of hydrogen-bond acceptors (Lipinski definition) is 6. The number of aromatic nitrogens is 3. The van der Waals surface area contributed by atoms with E-state index in [4.69, 9.17) is 23.8 Å². The summed E-state index contributed by atoms with van der Waals surface area (Å²) >= 11 is 0. The van der Waals surface area contributed by atoms with Gasteiger partial charge in [0.05, 0.1) is 11.4 Å². The molecule has 0 radical (unpaired) electrons. The van der Waals surface area contributed by atoms with Crippen LogP contribution >= 0.6 is 0 Å². The molecule has 1 aliphatic rings. The normalized spacial score (nSPS) is 12.4. The molecule has 0 N–H and O–H groups in total. The number of furan rings is 2. The zero-order valence-electron chi connectivity index (χ0n) is 32.4. The van der Waals surface area contributed by atoms with E-state index in [1.54, 1.807) is 0 Å². The number of nitrogens with zero attached hydrogens (tertiary/aromatic N) is 4. The van der Waals surface area contributed by atoms with Crippen molar-refractivity contribution in [1.82, 2.24) is 15.0 Å². The highest BCUT2D eigenvalue weighted by Gasteiger charge is 2.24. The zero-order valence-corrected chi connectivity index (χ0v) is 32.4. The monoisotopic (exact) mass is 760 g/mol. The predicted octanol–water partition coefficient (Wildman–Crippen LogP) is 14.5. The summed E-state index contributed by atoms with van der Waals surface area (Å²) in [7, 11) is 0. The maximum Gasteiger partial charge on any atom is 0.164 e. The summed E-state index contributed by atoms with van der Waals surface area (Å²) in [5.41, 5.74) is 13.7. The number of fused-ring (bicyclic) bond motifs is 6. The molecule has 3 aromatic heterocycles. The van der Waals surface area contributed by atoms with E-state index in [0.717, 1.165) is 100 Å². The number of rotatable bonds is 6. The van der Waals surface area contributed by atoms with Crippen molar-refractivity contribution in [2.45, 2.75) is 13.8 Å². The van der Waals surface area contributed by atoms with Crippen molar-refractivity contribution in [3.8, 4) is 45.3 Å². The number of aryl methyl sites for hydroxylation is 1. The molecule has 6 nitrogen and oxygen atoms in total. The summed E-state index contributed by atoms with van der Waals surface area (Å²) < 4.78 is 12.9. The molecular formula is C53H36N4O2. The van der Waals surface area contributed by atoms with E-state index in [2.05, 4.69) is 109 Å². The Hall–Kier alpha value is -7.83. The second kappa shape index (κ2) is 14.0. The van der Waals surface area contributed by atoms with E-state index in [1.807, 2.05) is 91.9 Å². The van der Waals surface area contributed by atoms with Gasteiger partial charge in [-0.05, 0) is 73.5 Å². The summed E-state index contributed by atoms with van der Waals surface area (Å²) in [6.45, 7) is 4.13. The van der Waals surface area contributed by atoms with Crippen LogP contribution in [0.2, 0.25) is 0 Å². The van der Waals surface area contributed by atoms with Gasteiger partial charge >= 0.3 is 0 Å². The van der Waals surface area contributed by atoms with Gasteiger partial charge in [-0.25, -0.2) is 15.0 Å². The molecule has 11 rings (SSSR count). The molecule has 1 aliphatic heterocycles. The Bertz CT molecular complexity index is 3250. The first kappa shape index (κ1) is 34.4. The Morgan fingerprint density at radius 2 is 1.14 bits per heavy atom. The molecule has 0 spiro atoms. The standard InChI is InChI=1S/C53H36N4O2/c1-3-14-47-33(2)41-22-13-23-42(50(41)59-47)36-27-28-45-37(29-36)25-26-38-31-49-44(43-21-10-11-24-48(43)58-49)32-46(38)57(45)40-20-12-19-39(30-40)53-55-51(34-15-6-4-7-16-34)54-52(56-53)35-17-8-5-9-18-35/h3-32H,1-2H3. The molecule has 0 amide bonds. The molecule has 10 aromatic rings. The quantitative estimate of drug-likeness (QED) is 0.168. The van der Waals surface area contributed by atoms with Crippen LogP contribution in [0.4, 0.5) is 17.1 Å². The van der Waals surface area contributed by atoms with E-state index < -0.39 is 0 Å². The van der Waals surface area contributed by atoms with Gasteiger partial charge in [0.25, 0.3) is 0 Å². The van der Waals surface area contributed by atoms with Crippen LogP contribution in [0.15, 0.2) is 173 Å². The van der Waals surface area contributed by atoms with Gasteiger partial charge in [-0.1, -0.05) is 133 Å². The summed E-state index contributed by atoms with van der Waals surface area (Å²) in [5.74, 6) is 2.72. The maximum atomic E-state index is 6.49. The van der Waals surface area contributed by atoms with Gasteiger partial charge in [-0.15, -0.1) is 0 Å². The van der Waals surface area contributed by atoms with Gasteiger partial charge in [0.15, 0.2) is 17.5 Å². The van der Waals surface area contributed by atoms with E-state index in [-0.39, 0.29) is 0 Å². The molecule has 4 heterocycles. The molecule has 280 valence electrons. The Morgan fingerprint density at radius 1 is 0.492 bits per heavy atom. The Kier molecular flexibility index (Phi) is 8.15. The Balaban J connectivity index is 1.11. The van der Waals surface area contributed by atoms with E-state index in [1.165, 1.54) is 0 Å². The van der Waals surface area contributed by atoms with Crippen LogP contribution in [-0.2, 0) is 0 Å². The largest absolute Gasteiger partial charge is 0.456 e. The number of benzene rings is 7. The molecule has 6 heteroatoms. The number of para-hydroxylation sites is 2. The first-order valence-electron chi connectivity index (χ1n) is 19.8. The highest BCUT2D eigenvalue weighted by atomic mass is 16.3. The van der Waals surface area contributed by atoms with Crippen molar-refractivity contribution in [2.24, 2.45) is 0 Å². The minimum atomic E-state index is 0.596. The number of anilines is 3. The van der Waals surface area contributed by atoms with Crippen LogP contribution in [0.1, 0.15) is 29.4 Å². The Labute approximate surface area is 341 Å². The van der Waals surface area contributed by atoms with Crippen LogP contribution in [0.25, 0.3) is 96.4 Å². The third-order valence-electron chi connectivity index (χ3n) is 11.2. The smallest absolute Gasteiger partial charge is 0.164 e. The maximum absolute atomic E-state index is 6.49.